The second-order valence-corrected chi connectivity index (χ2v) is 22.0. The molecule has 0 nitrogen and oxygen atoms in total. The van der Waals surface area contributed by atoms with Crippen molar-refractivity contribution < 1.29 is 0 Å². The van der Waals surface area contributed by atoms with E-state index in [9.17, 15) is 0 Å². The quantitative estimate of drug-likeness (QED) is 0.394. The van der Waals surface area contributed by atoms with Crippen molar-refractivity contribution in [2.24, 2.45) is 0 Å². The van der Waals surface area contributed by atoms with Crippen LogP contribution in [0.15, 0.2) is 0 Å². The SMILES string of the molecule is S=S=S=S=S=S.S=S=S=S=S=S.S=S=S=S=S=S. The second kappa shape index (κ2) is 32.8. The Balaban J connectivity index is -0.000000187. The van der Waals surface area contributed by atoms with Gasteiger partial charge in [0.15, 0.2) is 0 Å². The van der Waals surface area contributed by atoms with E-state index in [1.165, 1.54) is 107 Å². The smallest absolute Gasteiger partial charge is 0 e. The molecule has 0 bridgehead atoms. The first-order valence-corrected chi connectivity index (χ1v) is 22.5. The number of rotatable bonds is 0. The van der Waals surface area contributed by atoms with Gasteiger partial charge in [0.05, 0.1) is 0 Å². The minimum absolute atomic E-state index is 1.30. The third-order valence-electron chi connectivity index (χ3n) is 0.250. The fourth-order valence-corrected chi connectivity index (χ4v) is 16.5. The van der Waals surface area contributed by atoms with E-state index in [0.717, 1.165) is 0 Å². The lowest BCUT2D eigenvalue weighted by Gasteiger charge is -1.27. The maximum atomic E-state index is 4.52. The van der Waals surface area contributed by atoms with Crippen molar-refractivity contribution in [3.63, 3.8) is 0 Å². The molecule has 0 N–H and O–H groups in total. The van der Waals surface area contributed by atoms with E-state index < -0.39 is 0 Å². The van der Waals surface area contributed by atoms with Crippen LogP contribution in [0.4, 0.5) is 0 Å². The van der Waals surface area contributed by atoms with Crippen LogP contribution in [-0.2, 0) is 174 Å². The second-order valence-electron chi connectivity index (χ2n) is 0.816. The van der Waals surface area contributed by atoms with Crippen molar-refractivity contribution in [1.82, 2.24) is 0 Å². The molecule has 0 aromatic carbocycles. The van der Waals surface area contributed by atoms with E-state index in [4.69, 9.17) is 0 Å². The summed E-state index contributed by atoms with van der Waals surface area (Å²) in [6.45, 7) is 0. The molecule has 0 aliphatic carbocycles. The van der Waals surface area contributed by atoms with Crippen LogP contribution in [0.25, 0.3) is 0 Å². The molecule has 0 aromatic rings. The molecule has 0 radical (unpaired) electrons. The highest BCUT2D eigenvalue weighted by Crippen LogP contribution is 1.29. The van der Waals surface area contributed by atoms with Crippen LogP contribution in [0, 0.1) is 0 Å². The lowest BCUT2D eigenvalue weighted by molar-refractivity contribution is 6.09. The third-order valence-corrected chi connectivity index (χ3v) is 20.2. The summed E-state index contributed by atoms with van der Waals surface area (Å²) in [6, 6.07) is 0. The average Bonchev–Trinajstić information content (AvgIpc) is 2.42. The van der Waals surface area contributed by atoms with E-state index in [-0.39, 0.29) is 0 Å². The molecule has 0 aliphatic rings. The first-order chi connectivity index (χ1) is 8.74. The number of hydrogen-bond donors (Lipinski definition) is 0. The average molecular weight is 577 g/mol. The minimum atomic E-state index is 1.30. The zero-order chi connectivity index (χ0) is 14.5. The fraction of sp³-hybridized carbons (Fsp3) is 0. The van der Waals surface area contributed by atoms with E-state index in [1.807, 2.05) is 0 Å². The highest BCUT2D eigenvalue weighted by atomic mass is 33.4. The summed E-state index contributed by atoms with van der Waals surface area (Å²) in [4.78, 5) is 0. The van der Waals surface area contributed by atoms with Crippen molar-refractivity contribution in [3.05, 3.63) is 0 Å². The van der Waals surface area contributed by atoms with Crippen molar-refractivity contribution in [3.8, 4) is 0 Å². The summed E-state index contributed by atoms with van der Waals surface area (Å²) in [5.74, 6) is 0. The topological polar surface area (TPSA) is 0 Å². The van der Waals surface area contributed by atoms with Crippen LogP contribution in [0.5, 0.6) is 0 Å². The van der Waals surface area contributed by atoms with Crippen LogP contribution in [0.2, 0.25) is 0 Å². The predicted octanol–water partition coefficient (Wildman–Crippen LogP) is -0.0432. The molecule has 108 valence electrons. The Kier molecular flexibility index (Phi) is 48.9. The van der Waals surface area contributed by atoms with Gasteiger partial charge in [0.25, 0.3) is 0 Å². The maximum absolute atomic E-state index is 4.52. The molecule has 0 unspecified atom stereocenters. The fourth-order valence-electron chi connectivity index (χ4n) is 0.0680. The van der Waals surface area contributed by atoms with Crippen LogP contribution < -0.4 is 0 Å². The van der Waals surface area contributed by atoms with Crippen LogP contribution in [0.1, 0.15) is 0 Å². The van der Waals surface area contributed by atoms with Crippen LogP contribution in [-0.4, -0.2) is 0 Å². The lowest BCUT2D eigenvalue weighted by atomic mass is 30.8. The van der Waals surface area contributed by atoms with Gasteiger partial charge in [0.1, 0.15) is 0 Å². The molecular formula is S18. The maximum Gasteiger partial charge on any atom is 0 e. The molecule has 0 aromatic heterocycles. The van der Waals surface area contributed by atoms with Crippen molar-refractivity contribution in [2.75, 3.05) is 0 Å². The summed E-state index contributed by atoms with van der Waals surface area (Å²) in [5, 5.41) is 0. The summed E-state index contributed by atoms with van der Waals surface area (Å²) in [5.41, 5.74) is 0. The lowest BCUT2D eigenvalue weighted by Crippen LogP contribution is -1.28. The molecule has 0 saturated carbocycles. The summed E-state index contributed by atoms with van der Waals surface area (Å²) >= 11 is 27.1. The molecule has 0 atom stereocenters. The normalized spacial score (nSPS) is 6.00. The molecular weight excluding hydrogens is 577 g/mol. The highest BCUT2D eigenvalue weighted by molar-refractivity contribution is 8.65. The Morgan fingerprint density at radius 2 is 0.389 bits per heavy atom. The first-order valence-electron chi connectivity index (χ1n) is 2.50. The van der Waals surface area contributed by atoms with E-state index >= 15 is 0 Å². The summed E-state index contributed by atoms with van der Waals surface area (Å²) in [6.07, 6.45) is 0. The number of hydrogen-bond acceptors (Lipinski definition) is 6. The van der Waals surface area contributed by atoms with Gasteiger partial charge in [0, 0.05) is 174 Å². The summed E-state index contributed by atoms with van der Waals surface area (Å²) < 4.78 is 0. The highest BCUT2D eigenvalue weighted by Gasteiger charge is 1.29. The molecule has 0 saturated heterocycles. The molecule has 18 heavy (non-hydrogen) atoms. The van der Waals surface area contributed by atoms with E-state index in [1.54, 1.807) is 0 Å². The Morgan fingerprint density at radius 3 is 0.444 bits per heavy atom. The van der Waals surface area contributed by atoms with E-state index in [0.29, 0.717) is 0 Å². The van der Waals surface area contributed by atoms with Gasteiger partial charge in [-0.3, -0.25) is 0 Å². The van der Waals surface area contributed by atoms with Gasteiger partial charge in [-0.15, -0.1) is 0 Å². The third kappa shape index (κ3) is 42.7. The van der Waals surface area contributed by atoms with Crippen LogP contribution in [0.3, 0.4) is 0 Å². The standard InChI is InChI=1S/3S6/c3*1-3-5-6-4-2. The minimum Gasteiger partial charge on any atom is 0 e. The zero-order valence-corrected chi connectivity index (χ0v) is 22.0. The Hall–Kier alpha value is 3.96. The molecule has 0 rings (SSSR count). The Morgan fingerprint density at radius 1 is 0.278 bits per heavy atom. The van der Waals surface area contributed by atoms with E-state index in [2.05, 4.69) is 67.1 Å². The van der Waals surface area contributed by atoms with Gasteiger partial charge >= 0.3 is 0 Å². The molecule has 0 amide bonds. The van der Waals surface area contributed by atoms with Gasteiger partial charge in [-0.25, -0.2) is 0 Å². The van der Waals surface area contributed by atoms with Gasteiger partial charge in [-0.2, -0.15) is 0 Å². The Bertz CT molecular complexity index is 497. The monoisotopic (exact) mass is 575 g/mol. The summed E-state index contributed by atoms with van der Waals surface area (Å²) in [7, 11) is 16.9. The molecule has 18 heteroatoms. The Labute approximate surface area is 170 Å². The van der Waals surface area contributed by atoms with Gasteiger partial charge < -0.3 is 0 Å². The van der Waals surface area contributed by atoms with Gasteiger partial charge in [0.2, 0.25) is 0 Å². The first kappa shape index (κ1) is 26.8. The zero-order valence-electron chi connectivity index (χ0n) is 7.35. The molecule has 0 fully saturated rings. The van der Waals surface area contributed by atoms with Crippen LogP contribution >= 0.6 is 0 Å². The molecule has 0 heterocycles. The predicted molar refractivity (Wildman–Crippen MR) is 133 cm³/mol. The van der Waals surface area contributed by atoms with Crippen molar-refractivity contribution in [2.45, 2.75) is 0 Å². The van der Waals surface area contributed by atoms with Crippen molar-refractivity contribution in [1.29, 1.82) is 0 Å². The van der Waals surface area contributed by atoms with Gasteiger partial charge in [-0.05, 0) is 0 Å². The van der Waals surface area contributed by atoms with Crippen molar-refractivity contribution >= 4 is 174 Å². The molecule has 0 aliphatic heterocycles. The largest absolute Gasteiger partial charge is 0 e. The molecule has 0 spiro atoms. The van der Waals surface area contributed by atoms with Gasteiger partial charge in [-0.1, -0.05) is 0 Å².